The standard InChI is InChI=1S/C7H22B3N3/c1-5-11(4)9-13(7-3)10-12(8)6-2/h9-10H,5-8H2,1-4H3. The molecule has 3 nitrogen and oxygen atoms in total. The van der Waals surface area contributed by atoms with Gasteiger partial charge < -0.3 is 14.3 Å². The lowest BCUT2D eigenvalue weighted by atomic mass is 9.88. The van der Waals surface area contributed by atoms with Crippen LogP contribution in [0.5, 0.6) is 0 Å². The van der Waals surface area contributed by atoms with Gasteiger partial charge in [0.15, 0.2) is 7.98 Å². The van der Waals surface area contributed by atoms with Crippen LogP contribution in [-0.4, -0.2) is 64.0 Å². The van der Waals surface area contributed by atoms with E-state index in [4.69, 9.17) is 0 Å². The molecule has 0 aromatic heterocycles. The Hall–Kier alpha value is 0.0748. The third-order valence-corrected chi connectivity index (χ3v) is 2.41. The fourth-order valence-electron chi connectivity index (χ4n) is 1.13. The molecule has 0 saturated carbocycles. The molecule has 0 aromatic carbocycles. The molecule has 0 aliphatic carbocycles. The molecule has 6 heteroatoms. The summed E-state index contributed by atoms with van der Waals surface area (Å²) in [5, 5.41) is 0. The topological polar surface area (TPSA) is 9.72 Å². The Morgan fingerprint density at radius 3 is 2.00 bits per heavy atom. The van der Waals surface area contributed by atoms with Crippen molar-refractivity contribution >= 4 is 23.1 Å². The van der Waals surface area contributed by atoms with Crippen molar-refractivity contribution in [2.45, 2.75) is 20.8 Å². The number of rotatable bonds is 7. The fraction of sp³-hybridized carbons (Fsp3) is 1.00. The second-order valence-electron chi connectivity index (χ2n) is 3.61. The molecule has 0 atom stereocenters. The van der Waals surface area contributed by atoms with Crippen LogP contribution in [0.15, 0.2) is 0 Å². The molecule has 13 heavy (non-hydrogen) atoms. The summed E-state index contributed by atoms with van der Waals surface area (Å²) in [4.78, 5) is 2.33. The second-order valence-corrected chi connectivity index (χ2v) is 3.61. The van der Waals surface area contributed by atoms with Gasteiger partial charge in [0.25, 0.3) is 15.1 Å². The molecule has 0 spiro atoms. The molecule has 0 amide bonds. The lowest BCUT2D eigenvalue weighted by Gasteiger charge is -2.27. The highest BCUT2D eigenvalue weighted by atomic mass is 15.2. The van der Waals surface area contributed by atoms with Crippen LogP contribution in [0, 0.1) is 0 Å². The monoisotopic (exact) mass is 181 g/mol. The van der Waals surface area contributed by atoms with Crippen LogP contribution in [0.25, 0.3) is 0 Å². The van der Waals surface area contributed by atoms with Gasteiger partial charge in [-0.05, 0) is 26.7 Å². The lowest BCUT2D eigenvalue weighted by Crippen LogP contribution is -2.47. The minimum Gasteiger partial charge on any atom is -0.380 e. The molecule has 0 heterocycles. The maximum absolute atomic E-state index is 2.44. The van der Waals surface area contributed by atoms with E-state index in [1.165, 1.54) is 0 Å². The van der Waals surface area contributed by atoms with Gasteiger partial charge in [0, 0.05) is 0 Å². The Morgan fingerprint density at radius 1 is 1.00 bits per heavy atom. The van der Waals surface area contributed by atoms with Gasteiger partial charge >= 0.3 is 0 Å². The number of hydrogen-bond donors (Lipinski definition) is 0. The zero-order valence-corrected chi connectivity index (χ0v) is 9.88. The van der Waals surface area contributed by atoms with Crippen LogP contribution < -0.4 is 0 Å². The number of nitrogens with zero attached hydrogens (tertiary/aromatic N) is 3. The largest absolute Gasteiger partial charge is 0.380 e. The normalized spacial score (nSPS) is 11.3. The van der Waals surface area contributed by atoms with E-state index in [1.54, 1.807) is 0 Å². The predicted octanol–water partition coefficient (Wildman–Crippen LogP) is -1.34. The zero-order valence-electron chi connectivity index (χ0n) is 9.88. The Labute approximate surface area is 85.4 Å². The molecule has 0 bridgehead atoms. The first-order valence-electron chi connectivity index (χ1n) is 5.23. The van der Waals surface area contributed by atoms with Gasteiger partial charge in [0.1, 0.15) is 0 Å². The van der Waals surface area contributed by atoms with Crippen LogP contribution in [0.4, 0.5) is 0 Å². The van der Waals surface area contributed by atoms with Gasteiger partial charge in [-0.2, -0.15) is 0 Å². The predicted molar refractivity (Wildman–Crippen MR) is 65.9 cm³/mol. The fourth-order valence-corrected chi connectivity index (χ4v) is 1.13. The van der Waals surface area contributed by atoms with Gasteiger partial charge in [-0.1, -0.05) is 20.8 Å². The summed E-state index contributed by atoms with van der Waals surface area (Å²) < 4.78 is 4.76. The summed E-state index contributed by atoms with van der Waals surface area (Å²) in [7, 11) is 6.46. The number of hydrogen-bond acceptors (Lipinski definition) is 3. The molecule has 0 aliphatic rings. The zero-order chi connectivity index (χ0) is 10.3. The summed E-state index contributed by atoms with van der Waals surface area (Å²) in [5.74, 6) is 0. The Morgan fingerprint density at radius 2 is 1.62 bits per heavy atom. The maximum Gasteiger partial charge on any atom is 0.280 e. The van der Waals surface area contributed by atoms with Crippen molar-refractivity contribution in [3.8, 4) is 0 Å². The molecule has 0 rings (SSSR count). The van der Waals surface area contributed by atoms with Crippen molar-refractivity contribution in [1.82, 2.24) is 14.3 Å². The minimum atomic E-state index is 1.07. The van der Waals surface area contributed by atoms with Crippen molar-refractivity contribution in [3.63, 3.8) is 0 Å². The SMILES string of the molecule is BN(BN(BN(C)CC)CC)CC. The molecule has 0 radical (unpaired) electrons. The molecular weight excluding hydrogens is 159 g/mol. The van der Waals surface area contributed by atoms with Crippen molar-refractivity contribution in [1.29, 1.82) is 0 Å². The van der Waals surface area contributed by atoms with E-state index >= 15 is 0 Å². The van der Waals surface area contributed by atoms with Crippen LogP contribution in [-0.2, 0) is 0 Å². The third-order valence-electron chi connectivity index (χ3n) is 2.41. The highest BCUT2D eigenvalue weighted by molar-refractivity contribution is 6.50. The molecule has 0 saturated heterocycles. The van der Waals surface area contributed by atoms with Gasteiger partial charge in [0.2, 0.25) is 0 Å². The van der Waals surface area contributed by atoms with Crippen LogP contribution >= 0.6 is 0 Å². The highest BCUT2D eigenvalue weighted by Gasteiger charge is 2.10. The van der Waals surface area contributed by atoms with Crippen molar-refractivity contribution in [3.05, 3.63) is 0 Å². The first kappa shape index (κ1) is 13.1. The highest BCUT2D eigenvalue weighted by Crippen LogP contribution is 1.88. The van der Waals surface area contributed by atoms with Gasteiger partial charge in [-0.25, -0.2) is 0 Å². The van der Waals surface area contributed by atoms with Crippen LogP contribution in [0.3, 0.4) is 0 Å². The maximum atomic E-state index is 2.44. The second kappa shape index (κ2) is 7.48. The Balaban J connectivity index is 3.74. The van der Waals surface area contributed by atoms with E-state index in [-0.39, 0.29) is 0 Å². The summed E-state index contributed by atoms with van der Waals surface area (Å²) >= 11 is 0. The lowest BCUT2D eigenvalue weighted by molar-refractivity contribution is 0.506. The quantitative estimate of drug-likeness (QED) is 0.450. The molecule has 0 fully saturated rings. The van der Waals surface area contributed by atoms with Crippen molar-refractivity contribution < 1.29 is 0 Å². The average molecular weight is 181 g/mol. The molecular formula is C7H22B3N3. The summed E-state index contributed by atoms with van der Waals surface area (Å²) in [6, 6.07) is 0. The van der Waals surface area contributed by atoms with E-state index < -0.39 is 0 Å². The molecule has 0 unspecified atom stereocenters. The molecule has 0 aromatic rings. The Kier molecular flexibility index (Phi) is 7.52. The van der Waals surface area contributed by atoms with Crippen LogP contribution in [0.1, 0.15) is 20.8 Å². The average Bonchev–Trinajstić information content (AvgIpc) is 2.16. The smallest absolute Gasteiger partial charge is 0.280 e. The first-order valence-corrected chi connectivity index (χ1v) is 5.23. The molecule has 0 aliphatic heterocycles. The van der Waals surface area contributed by atoms with Crippen LogP contribution in [0.2, 0.25) is 0 Å². The minimum absolute atomic E-state index is 1.07. The van der Waals surface area contributed by atoms with E-state index in [2.05, 4.69) is 50.1 Å². The molecule has 0 N–H and O–H groups in total. The Bertz CT molecular complexity index is 114. The summed E-state index contributed by atoms with van der Waals surface area (Å²) in [6.07, 6.45) is 0. The van der Waals surface area contributed by atoms with E-state index in [0.717, 1.165) is 34.7 Å². The van der Waals surface area contributed by atoms with E-state index in [1.807, 2.05) is 0 Å². The first-order chi connectivity index (χ1) is 6.13. The van der Waals surface area contributed by atoms with E-state index in [9.17, 15) is 0 Å². The van der Waals surface area contributed by atoms with Crippen molar-refractivity contribution in [2.24, 2.45) is 0 Å². The summed E-state index contributed by atoms with van der Waals surface area (Å²) in [6.45, 7) is 9.95. The summed E-state index contributed by atoms with van der Waals surface area (Å²) in [5.41, 5.74) is 0. The van der Waals surface area contributed by atoms with E-state index in [0.29, 0.717) is 0 Å². The van der Waals surface area contributed by atoms with Gasteiger partial charge in [-0.15, -0.1) is 0 Å². The third kappa shape index (κ3) is 6.19. The molecule has 74 valence electrons. The van der Waals surface area contributed by atoms with Gasteiger partial charge in [0.05, 0.1) is 0 Å². The van der Waals surface area contributed by atoms with Gasteiger partial charge in [-0.3, -0.25) is 0 Å². The van der Waals surface area contributed by atoms with Crippen molar-refractivity contribution in [2.75, 3.05) is 26.7 Å².